The molecule has 0 radical (unpaired) electrons. The molecule has 0 aliphatic heterocycles. The van der Waals surface area contributed by atoms with Crippen molar-refractivity contribution in [3.63, 3.8) is 0 Å². The third kappa shape index (κ3) is 3.30. The first kappa shape index (κ1) is 11.6. The van der Waals surface area contributed by atoms with Crippen molar-refractivity contribution < 1.29 is 4.92 Å². The fourth-order valence-corrected chi connectivity index (χ4v) is 1.41. The molecule has 1 aromatic rings. The number of hydrogen-bond donors (Lipinski definition) is 1. The Morgan fingerprint density at radius 2 is 2.13 bits per heavy atom. The highest BCUT2D eigenvalue weighted by atomic mass is 16.6. The third-order valence-electron chi connectivity index (χ3n) is 2.14. The molecule has 82 valence electrons. The molecule has 0 atom stereocenters. The number of rotatable bonds is 5. The zero-order chi connectivity index (χ0) is 11.3. The minimum atomic E-state index is -0.356. The SMILES string of the molecule is CN(CCN)Cc1ccccc1[N+](=O)[O-]. The second kappa shape index (κ2) is 5.43. The summed E-state index contributed by atoms with van der Waals surface area (Å²) in [4.78, 5) is 12.3. The van der Waals surface area contributed by atoms with Gasteiger partial charge in [-0.1, -0.05) is 18.2 Å². The maximum atomic E-state index is 10.7. The average molecular weight is 209 g/mol. The molecule has 0 unspecified atom stereocenters. The fraction of sp³-hybridized carbons (Fsp3) is 0.400. The van der Waals surface area contributed by atoms with Crippen LogP contribution in [0.2, 0.25) is 0 Å². The Bertz CT molecular complexity index is 341. The van der Waals surface area contributed by atoms with E-state index >= 15 is 0 Å². The Morgan fingerprint density at radius 3 is 2.73 bits per heavy atom. The van der Waals surface area contributed by atoms with Crippen LogP contribution in [0.3, 0.4) is 0 Å². The first-order valence-electron chi connectivity index (χ1n) is 4.76. The summed E-state index contributed by atoms with van der Waals surface area (Å²) in [5, 5.41) is 10.7. The van der Waals surface area contributed by atoms with Gasteiger partial charge in [0.05, 0.1) is 4.92 Å². The van der Waals surface area contributed by atoms with Gasteiger partial charge in [0.1, 0.15) is 0 Å². The van der Waals surface area contributed by atoms with Gasteiger partial charge in [-0.05, 0) is 7.05 Å². The van der Waals surface area contributed by atoms with Crippen LogP contribution in [0.25, 0.3) is 0 Å². The monoisotopic (exact) mass is 209 g/mol. The zero-order valence-corrected chi connectivity index (χ0v) is 8.72. The van der Waals surface area contributed by atoms with Crippen molar-refractivity contribution in [1.82, 2.24) is 4.90 Å². The van der Waals surface area contributed by atoms with Crippen LogP contribution in [0.5, 0.6) is 0 Å². The van der Waals surface area contributed by atoms with Gasteiger partial charge in [0.2, 0.25) is 0 Å². The number of likely N-dealkylation sites (N-methyl/N-ethyl adjacent to an activating group) is 1. The Balaban J connectivity index is 2.79. The molecule has 2 N–H and O–H groups in total. The van der Waals surface area contributed by atoms with Crippen molar-refractivity contribution in [2.75, 3.05) is 20.1 Å². The summed E-state index contributed by atoms with van der Waals surface area (Å²) in [5.41, 5.74) is 6.29. The average Bonchev–Trinajstić information content (AvgIpc) is 2.18. The van der Waals surface area contributed by atoms with E-state index in [1.165, 1.54) is 6.07 Å². The quantitative estimate of drug-likeness (QED) is 0.579. The molecule has 1 rings (SSSR count). The van der Waals surface area contributed by atoms with Crippen LogP contribution in [0, 0.1) is 10.1 Å². The minimum absolute atomic E-state index is 0.168. The summed E-state index contributed by atoms with van der Waals surface area (Å²) in [6.07, 6.45) is 0. The number of para-hydroxylation sites is 1. The van der Waals surface area contributed by atoms with E-state index in [9.17, 15) is 10.1 Å². The van der Waals surface area contributed by atoms with Gasteiger partial charge in [-0.15, -0.1) is 0 Å². The molecular formula is C10H15N3O2. The molecule has 0 aliphatic carbocycles. The standard InChI is InChI=1S/C10H15N3O2/c1-12(7-6-11)8-9-4-2-3-5-10(9)13(14)15/h2-5H,6-8,11H2,1H3. The lowest BCUT2D eigenvalue weighted by Gasteiger charge is -2.14. The molecule has 1 aromatic carbocycles. The second-order valence-electron chi connectivity index (χ2n) is 3.41. The van der Waals surface area contributed by atoms with E-state index in [-0.39, 0.29) is 10.6 Å². The van der Waals surface area contributed by atoms with Crippen LogP contribution in [0.1, 0.15) is 5.56 Å². The van der Waals surface area contributed by atoms with E-state index in [2.05, 4.69) is 0 Å². The summed E-state index contributed by atoms with van der Waals surface area (Å²) in [6.45, 7) is 1.83. The smallest absolute Gasteiger partial charge is 0.273 e. The Labute approximate surface area is 88.6 Å². The lowest BCUT2D eigenvalue weighted by molar-refractivity contribution is -0.385. The molecule has 5 nitrogen and oxygen atoms in total. The maximum Gasteiger partial charge on any atom is 0.273 e. The third-order valence-corrected chi connectivity index (χ3v) is 2.14. The fourth-order valence-electron chi connectivity index (χ4n) is 1.41. The number of nitro groups is 1. The van der Waals surface area contributed by atoms with E-state index in [0.717, 1.165) is 12.1 Å². The van der Waals surface area contributed by atoms with Gasteiger partial charge in [-0.3, -0.25) is 10.1 Å². The molecule has 0 bridgehead atoms. The number of hydrogen-bond acceptors (Lipinski definition) is 4. The molecule has 0 fully saturated rings. The predicted molar refractivity (Wildman–Crippen MR) is 58.5 cm³/mol. The summed E-state index contributed by atoms with van der Waals surface area (Å²) in [5.74, 6) is 0. The highest BCUT2D eigenvalue weighted by Crippen LogP contribution is 2.18. The molecule has 0 spiro atoms. The highest BCUT2D eigenvalue weighted by molar-refractivity contribution is 5.39. The summed E-state index contributed by atoms with van der Waals surface area (Å²) >= 11 is 0. The van der Waals surface area contributed by atoms with Crippen LogP contribution >= 0.6 is 0 Å². The molecule has 5 heteroatoms. The van der Waals surface area contributed by atoms with Crippen LogP contribution in [0.15, 0.2) is 24.3 Å². The van der Waals surface area contributed by atoms with Crippen LogP contribution in [-0.4, -0.2) is 30.0 Å². The summed E-state index contributed by atoms with van der Waals surface area (Å²) in [6, 6.07) is 6.76. The van der Waals surface area contributed by atoms with Crippen LogP contribution < -0.4 is 5.73 Å². The van der Waals surface area contributed by atoms with Gasteiger partial charge >= 0.3 is 0 Å². The van der Waals surface area contributed by atoms with E-state index in [0.29, 0.717) is 13.1 Å². The number of nitrogens with two attached hydrogens (primary N) is 1. The van der Waals surface area contributed by atoms with Crippen molar-refractivity contribution in [2.45, 2.75) is 6.54 Å². The highest BCUT2D eigenvalue weighted by Gasteiger charge is 2.13. The molecule has 0 amide bonds. The molecule has 15 heavy (non-hydrogen) atoms. The minimum Gasteiger partial charge on any atom is -0.329 e. The normalized spacial score (nSPS) is 10.6. The van der Waals surface area contributed by atoms with E-state index in [1.54, 1.807) is 18.2 Å². The maximum absolute atomic E-state index is 10.7. The van der Waals surface area contributed by atoms with Gasteiger partial charge in [-0.2, -0.15) is 0 Å². The van der Waals surface area contributed by atoms with Crippen molar-refractivity contribution in [3.05, 3.63) is 39.9 Å². The molecule has 0 saturated heterocycles. The number of nitrogens with zero attached hydrogens (tertiary/aromatic N) is 2. The van der Waals surface area contributed by atoms with E-state index in [1.807, 2.05) is 11.9 Å². The van der Waals surface area contributed by atoms with Crippen molar-refractivity contribution in [2.24, 2.45) is 5.73 Å². The lowest BCUT2D eigenvalue weighted by Crippen LogP contribution is -2.25. The lowest BCUT2D eigenvalue weighted by atomic mass is 10.1. The van der Waals surface area contributed by atoms with Gasteiger partial charge in [0, 0.05) is 31.3 Å². The predicted octanol–water partition coefficient (Wildman–Crippen LogP) is 0.985. The van der Waals surface area contributed by atoms with Crippen LogP contribution in [-0.2, 0) is 6.54 Å². The number of benzene rings is 1. The molecule has 0 aliphatic rings. The summed E-state index contributed by atoms with van der Waals surface area (Å²) < 4.78 is 0. The van der Waals surface area contributed by atoms with Gasteiger partial charge in [0.25, 0.3) is 5.69 Å². The van der Waals surface area contributed by atoms with Crippen molar-refractivity contribution >= 4 is 5.69 Å². The van der Waals surface area contributed by atoms with Gasteiger partial charge in [-0.25, -0.2) is 0 Å². The molecule has 0 heterocycles. The first-order chi connectivity index (χ1) is 7.15. The van der Waals surface area contributed by atoms with E-state index < -0.39 is 0 Å². The van der Waals surface area contributed by atoms with Gasteiger partial charge < -0.3 is 10.6 Å². The Kier molecular flexibility index (Phi) is 4.20. The topological polar surface area (TPSA) is 72.4 Å². The van der Waals surface area contributed by atoms with Crippen molar-refractivity contribution in [1.29, 1.82) is 0 Å². The Morgan fingerprint density at radius 1 is 1.47 bits per heavy atom. The van der Waals surface area contributed by atoms with Gasteiger partial charge in [0.15, 0.2) is 0 Å². The van der Waals surface area contributed by atoms with Crippen LogP contribution in [0.4, 0.5) is 5.69 Å². The first-order valence-corrected chi connectivity index (χ1v) is 4.76. The Hall–Kier alpha value is -1.46. The molecular weight excluding hydrogens is 194 g/mol. The molecule has 0 saturated carbocycles. The molecule has 0 aromatic heterocycles. The largest absolute Gasteiger partial charge is 0.329 e. The second-order valence-corrected chi connectivity index (χ2v) is 3.41. The van der Waals surface area contributed by atoms with E-state index in [4.69, 9.17) is 5.73 Å². The van der Waals surface area contributed by atoms with Crippen molar-refractivity contribution in [3.8, 4) is 0 Å². The zero-order valence-electron chi connectivity index (χ0n) is 8.72. The number of nitro benzene ring substituents is 1. The summed E-state index contributed by atoms with van der Waals surface area (Å²) in [7, 11) is 1.89.